The van der Waals surface area contributed by atoms with E-state index in [9.17, 15) is 4.79 Å². The van der Waals surface area contributed by atoms with E-state index in [2.05, 4.69) is 10.6 Å². The van der Waals surface area contributed by atoms with Gasteiger partial charge in [-0.15, -0.1) is 0 Å². The molecule has 1 heterocycles. The van der Waals surface area contributed by atoms with E-state index < -0.39 is 0 Å². The van der Waals surface area contributed by atoms with E-state index in [0.29, 0.717) is 24.5 Å². The Morgan fingerprint density at radius 3 is 2.94 bits per heavy atom. The smallest absolute Gasteiger partial charge is 0.220 e. The lowest BCUT2D eigenvalue weighted by Crippen LogP contribution is -2.40. The van der Waals surface area contributed by atoms with Crippen molar-refractivity contribution >= 4 is 5.91 Å². The van der Waals surface area contributed by atoms with Gasteiger partial charge in [-0.05, 0) is 38.6 Å². The quantitative estimate of drug-likeness (QED) is 0.724. The van der Waals surface area contributed by atoms with E-state index >= 15 is 0 Å². The second-order valence-electron chi connectivity index (χ2n) is 4.88. The maximum atomic E-state index is 11.7. The highest BCUT2D eigenvalue weighted by Crippen LogP contribution is 2.32. The highest BCUT2D eigenvalue weighted by Gasteiger charge is 2.31. The number of rotatable bonds is 5. The van der Waals surface area contributed by atoms with Gasteiger partial charge in [0.1, 0.15) is 0 Å². The lowest BCUT2D eigenvalue weighted by atomic mass is 9.80. The van der Waals surface area contributed by atoms with Crippen molar-refractivity contribution in [2.75, 3.05) is 19.7 Å². The Morgan fingerprint density at radius 1 is 1.50 bits per heavy atom. The van der Waals surface area contributed by atoms with Crippen molar-refractivity contribution in [3.63, 3.8) is 0 Å². The molecule has 0 unspecified atom stereocenters. The van der Waals surface area contributed by atoms with Gasteiger partial charge in [0.15, 0.2) is 0 Å². The zero-order valence-electron chi connectivity index (χ0n) is 10.00. The maximum Gasteiger partial charge on any atom is 0.220 e. The molecule has 16 heavy (non-hydrogen) atoms. The fraction of sp³-hybridized carbons (Fsp3) is 0.917. The summed E-state index contributed by atoms with van der Waals surface area (Å²) in [5.74, 6) is 0.763. The fourth-order valence-electron chi connectivity index (χ4n) is 2.54. The zero-order valence-corrected chi connectivity index (χ0v) is 10.00. The van der Waals surface area contributed by atoms with E-state index in [1.165, 1.54) is 0 Å². The van der Waals surface area contributed by atoms with E-state index in [-0.39, 0.29) is 5.91 Å². The molecule has 92 valence electrons. The molecule has 2 rings (SSSR count). The Kier molecular flexibility index (Phi) is 4.18. The molecule has 1 aliphatic heterocycles. The number of carbonyl (C=O) groups is 1. The highest BCUT2D eigenvalue weighted by atomic mass is 16.5. The van der Waals surface area contributed by atoms with Crippen molar-refractivity contribution < 1.29 is 9.53 Å². The molecule has 4 nitrogen and oxygen atoms in total. The van der Waals surface area contributed by atoms with Crippen molar-refractivity contribution in [2.45, 2.75) is 44.8 Å². The molecule has 0 bridgehead atoms. The third-order valence-electron chi connectivity index (χ3n) is 3.49. The second kappa shape index (κ2) is 5.64. The second-order valence-corrected chi connectivity index (χ2v) is 4.88. The van der Waals surface area contributed by atoms with Crippen molar-refractivity contribution in [1.29, 1.82) is 0 Å². The van der Waals surface area contributed by atoms with Crippen LogP contribution in [0.1, 0.15) is 32.6 Å². The van der Waals surface area contributed by atoms with Gasteiger partial charge in [-0.25, -0.2) is 0 Å². The van der Waals surface area contributed by atoms with Crippen LogP contribution in [0.2, 0.25) is 0 Å². The van der Waals surface area contributed by atoms with E-state index in [1.54, 1.807) is 0 Å². The molecule has 1 atom stereocenters. The molecule has 2 aliphatic rings. The van der Waals surface area contributed by atoms with Gasteiger partial charge >= 0.3 is 0 Å². The van der Waals surface area contributed by atoms with Crippen LogP contribution in [-0.2, 0) is 9.53 Å². The van der Waals surface area contributed by atoms with Crippen LogP contribution in [0.3, 0.4) is 0 Å². The zero-order chi connectivity index (χ0) is 11.4. The van der Waals surface area contributed by atoms with Crippen LogP contribution < -0.4 is 10.6 Å². The number of amides is 1. The molecule has 1 aliphatic carbocycles. The van der Waals surface area contributed by atoms with Gasteiger partial charge in [0, 0.05) is 25.6 Å². The molecule has 0 aromatic rings. The fourth-order valence-corrected chi connectivity index (χ4v) is 2.54. The molecule has 0 aromatic carbocycles. The van der Waals surface area contributed by atoms with E-state index in [0.717, 1.165) is 39.0 Å². The molecule has 0 radical (unpaired) electrons. The Hall–Kier alpha value is -0.610. The van der Waals surface area contributed by atoms with Crippen LogP contribution in [0, 0.1) is 5.92 Å². The molecule has 0 aromatic heterocycles. The minimum absolute atomic E-state index is 0.216. The predicted molar refractivity (Wildman–Crippen MR) is 62.2 cm³/mol. The van der Waals surface area contributed by atoms with Crippen molar-refractivity contribution in [1.82, 2.24) is 10.6 Å². The minimum atomic E-state index is 0.216. The molecule has 4 heteroatoms. The molecule has 1 amide bonds. The van der Waals surface area contributed by atoms with E-state index in [1.807, 2.05) is 6.92 Å². The predicted octanol–water partition coefficient (Wildman–Crippen LogP) is 0.670. The molecule has 1 saturated carbocycles. The molecule has 2 fully saturated rings. The van der Waals surface area contributed by atoms with Gasteiger partial charge in [0.2, 0.25) is 5.91 Å². The van der Waals surface area contributed by atoms with Crippen LogP contribution in [0.4, 0.5) is 0 Å². The van der Waals surface area contributed by atoms with Crippen molar-refractivity contribution in [3.8, 4) is 0 Å². The average molecular weight is 226 g/mol. The summed E-state index contributed by atoms with van der Waals surface area (Å²) >= 11 is 0. The van der Waals surface area contributed by atoms with Gasteiger partial charge in [-0.1, -0.05) is 0 Å². The van der Waals surface area contributed by atoms with Crippen LogP contribution in [0.25, 0.3) is 0 Å². The molecule has 1 saturated heterocycles. The molecular weight excluding hydrogens is 204 g/mol. The Balaban J connectivity index is 1.58. The monoisotopic (exact) mass is 226 g/mol. The number of hydrogen-bond acceptors (Lipinski definition) is 3. The lowest BCUT2D eigenvalue weighted by molar-refractivity contribution is -0.124. The summed E-state index contributed by atoms with van der Waals surface area (Å²) in [7, 11) is 0. The first-order valence-corrected chi connectivity index (χ1v) is 6.39. The number of ether oxygens (including phenoxy) is 1. The lowest BCUT2D eigenvalue weighted by Gasteiger charge is -2.34. The summed E-state index contributed by atoms with van der Waals surface area (Å²) in [5.41, 5.74) is 0. The van der Waals surface area contributed by atoms with Gasteiger partial charge in [-0.2, -0.15) is 0 Å². The largest absolute Gasteiger partial charge is 0.378 e. The van der Waals surface area contributed by atoms with Crippen LogP contribution >= 0.6 is 0 Å². The summed E-state index contributed by atoms with van der Waals surface area (Å²) in [6, 6.07) is 0.357. The highest BCUT2D eigenvalue weighted by molar-refractivity contribution is 5.76. The third kappa shape index (κ3) is 3.19. The van der Waals surface area contributed by atoms with Crippen LogP contribution in [0.5, 0.6) is 0 Å². The minimum Gasteiger partial charge on any atom is -0.378 e. The third-order valence-corrected chi connectivity index (χ3v) is 3.49. The number of carbonyl (C=O) groups excluding carboxylic acids is 1. The number of nitrogens with one attached hydrogen (secondary N) is 2. The standard InChI is InChI=1S/C12H22N2O2/c1-2-16-11-5-9(6-11)7-12(15)14-10-3-4-13-8-10/h9-11,13H,2-8H2,1H3,(H,14,15)/t9?,10-,11?/m0/s1. The summed E-state index contributed by atoms with van der Waals surface area (Å²) in [6.07, 6.45) is 4.28. The number of hydrogen-bond donors (Lipinski definition) is 2. The first-order chi connectivity index (χ1) is 7.78. The normalized spacial score (nSPS) is 33.4. The Bertz CT molecular complexity index is 233. The Morgan fingerprint density at radius 2 is 2.31 bits per heavy atom. The summed E-state index contributed by atoms with van der Waals surface area (Å²) in [4.78, 5) is 11.7. The van der Waals surface area contributed by atoms with Gasteiger partial charge in [0.05, 0.1) is 6.10 Å². The van der Waals surface area contributed by atoms with Crippen molar-refractivity contribution in [3.05, 3.63) is 0 Å². The Labute approximate surface area is 97.1 Å². The topological polar surface area (TPSA) is 50.4 Å². The summed E-state index contributed by atoms with van der Waals surface area (Å²) in [5, 5.41) is 6.33. The maximum absolute atomic E-state index is 11.7. The average Bonchev–Trinajstić information content (AvgIpc) is 2.67. The first kappa shape index (κ1) is 11.9. The summed E-state index contributed by atoms with van der Waals surface area (Å²) < 4.78 is 5.48. The molecule has 2 N–H and O–H groups in total. The SMILES string of the molecule is CCOC1CC(CC(=O)N[C@H]2CCNC2)C1. The van der Waals surface area contributed by atoms with Gasteiger partial charge < -0.3 is 15.4 Å². The van der Waals surface area contributed by atoms with Crippen molar-refractivity contribution in [2.24, 2.45) is 5.92 Å². The van der Waals surface area contributed by atoms with Crippen LogP contribution in [0.15, 0.2) is 0 Å². The molecular formula is C12H22N2O2. The van der Waals surface area contributed by atoms with Crippen LogP contribution in [-0.4, -0.2) is 37.7 Å². The van der Waals surface area contributed by atoms with Gasteiger partial charge in [-0.3, -0.25) is 4.79 Å². The first-order valence-electron chi connectivity index (χ1n) is 6.39. The van der Waals surface area contributed by atoms with E-state index in [4.69, 9.17) is 4.74 Å². The summed E-state index contributed by atoms with van der Waals surface area (Å²) in [6.45, 7) is 4.77. The molecule has 0 spiro atoms. The van der Waals surface area contributed by atoms with Gasteiger partial charge in [0.25, 0.3) is 0 Å².